The first-order chi connectivity index (χ1) is 15.2. The largest absolute Gasteiger partial charge is 0.444 e. The summed E-state index contributed by atoms with van der Waals surface area (Å²) in [6.07, 6.45) is 9.51. The highest BCUT2D eigenvalue weighted by Crippen LogP contribution is 2.36. The molecule has 7 nitrogen and oxygen atoms in total. The third-order valence-electron chi connectivity index (χ3n) is 5.47. The van der Waals surface area contributed by atoms with Gasteiger partial charge in [0.25, 0.3) is 0 Å². The Kier molecular flexibility index (Phi) is 11.0. The van der Waals surface area contributed by atoms with Crippen LogP contribution in [-0.4, -0.2) is 43.6 Å². The molecule has 0 amide bonds. The van der Waals surface area contributed by atoms with Crippen molar-refractivity contribution in [1.82, 2.24) is 10.3 Å². The Labute approximate surface area is 193 Å². The van der Waals surface area contributed by atoms with Crippen LogP contribution in [-0.2, 0) is 16.0 Å². The van der Waals surface area contributed by atoms with Gasteiger partial charge in [0.05, 0.1) is 10.7 Å². The molecule has 8 heteroatoms. The van der Waals surface area contributed by atoms with E-state index in [0.717, 1.165) is 60.9 Å². The molecule has 0 spiro atoms. The number of rotatable bonds is 5. The zero-order valence-corrected chi connectivity index (χ0v) is 20.3. The van der Waals surface area contributed by atoms with E-state index >= 15 is 0 Å². The number of carbonyl (C=O) groups excluding carboxylic acids is 1. The molecular weight excluding hydrogens is 460 g/mol. The number of furan rings is 1. The number of hydrogen-bond donors (Lipinski definition) is 2. The van der Waals surface area contributed by atoms with Crippen LogP contribution in [0.25, 0.3) is 11.0 Å². The van der Waals surface area contributed by atoms with Gasteiger partial charge < -0.3 is 24.6 Å². The number of nitrogens with one attached hydrogen (secondary N) is 2. The average molecular weight is 493 g/mol. The maximum Gasteiger partial charge on any atom is 0.208 e. The van der Waals surface area contributed by atoms with Gasteiger partial charge in [0.1, 0.15) is 18.2 Å². The van der Waals surface area contributed by atoms with Gasteiger partial charge in [-0.05, 0) is 61.5 Å². The standard InChI is InChI=1S/C17H19BrN4O2.C4H8O.C2H6/c1-20-10-2-4-11(5-3-10)22-17-16(18)15-12(6-7-23)13(8-19)24-14(15)9-21-17;1-2-4-5-3-1;1-2/h7,9-11,20H,2-6H2,1H3,(H,21,22);1-4H2;1-2H3. The van der Waals surface area contributed by atoms with E-state index in [4.69, 9.17) is 9.15 Å². The van der Waals surface area contributed by atoms with Gasteiger partial charge in [0, 0.05) is 42.7 Å². The van der Waals surface area contributed by atoms with Crippen LogP contribution in [0.15, 0.2) is 15.1 Å². The molecule has 0 bridgehead atoms. The number of aldehydes is 1. The number of ether oxygens (including phenoxy) is 1. The molecule has 1 saturated heterocycles. The lowest BCUT2D eigenvalue weighted by molar-refractivity contribution is -0.107. The normalized spacial score (nSPS) is 20.1. The summed E-state index contributed by atoms with van der Waals surface area (Å²) in [5, 5.41) is 16.8. The topological polar surface area (TPSA) is 100 Å². The molecule has 170 valence electrons. The zero-order chi connectivity index (χ0) is 22.6. The molecule has 2 aliphatic rings. The summed E-state index contributed by atoms with van der Waals surface area (Å²) in [6.45, 7) is 6.00. The third kappa shape index (κ3) is 6.76. The first-order valence-corrected chi connectivity index (χ1v) is 11.9. The van der Waals surface area contributed by atoms with Crippen molar-refractivity contribution in [3.8, 4) is 6.07 Å². The summed E-state index contributed by atoms with van der Waals surface area (Å²) in [4.78, 5) is 15.4. The molecule has 31 heavy (non-hydrogen) atoms. The number of nitriles is 1. The Morgan fingerprint density at radius 1 is 1.23 bits per heavy atom. The second-order valence-corrected chi connectivity index (χ2v) is 8.15. The molecule has 2 fully saturated rings. The fraction of sp³-hybridized carbons (Fsp3) is 0.609. The van der Waals surface area contributed by atoms with Crippen LogP contribution in [0, 0.1) is 11.3 Å². The van der Waals surface area contributed by atoms with Gasteiger partial charge >= 0.3 is 0 Å². The van der Waals surface area contributed by atoms with E-state index in [9.17, 15) is 10.1 Å². The molecule has 0 unspecified atom stereocenters. The fourth-order valence-corrected chi connectivity index (χ4v) is 4.47. The summed E-state index contributed by atoms with van der Waals surface area (Å²) in [5.74, 6) is 0.902. The number of anilines is 1. The average Bonchev–Trinajstić information content (AvgIpc) is 3.50. The smallest absolute Gasteiger partial charge is 0.208 e. The van der Waals surface area contributed by atoms with Crippen LogP contribution >= 0.6 is 15.9 Å². The first kappa shape index (κ1) is 25.3. The molecular formula is C23H33BrN4O3. The Balaban J connectivity index is 0.000000420. The maximum absolute atomic E-state index is 11.0. The van der Waals surface area contributed by atoms with Gasteiger partial charge in [0.2, 0.25) is 5.76 Å². The van der Waals surface area contributed by atoms with E-state index in [2.05, 4.69) is 31.5 Å². The lowest BCUT2D eigenvalue weighted by Crippen LogP contribution is -2.35. The molecule has 2 aromatic rings. The number of fused-ring (bicyclic) bond motifs is 1. The second-order valence-electron chi connectivity index (χ2n) is 7.35. The molecule has 1 aliphatic heterocycles. The zero-order valence-electron chi connectivity index (χ0n) is 18.7. The minimum atomic E-state index is 0.144. The number of carbonyl (C=O) groups is 1. The van der Waals surface area contributed by atoms with Gasteiger partial charge in [-0.2, -0.15) is 5.26 Å². The van der Waals surface area contributed by atoms with Crippen LogP contribution in [0.3, 0.4) is 0 Å². The minimum absolute atomic E-state index is 0.144. The predicted molar refractivity (Wildman–Crippen MR) is 126 cm³/mol. The van der Waals surface area contributed by atoms with Crippen molar-refractivity contribution < 1.29 is 13.9 Å². The highest BCUT2D eigenvalue weighted by molar-refractivity contribution is 9.10. The summed E-state index contributed by atoms with van der Waals surface area (Å²) >= 11 is 3.57. The monoisotopic (exact) mass is 492 g/mol. The van der Waals surface area contributed by atoms with Crippen LogP contribution < -0.4 is 10.6 Å². The Morgan fingerprint density at radius 3 is 2.39 bits per heavy atom. The van der Waals surface area contributed by atoms with Crippen LogP contribution in [0.4, 0.5) is 5.82 Å². The summed E-state index contributed by atoms with van der Waals surface area (Å²) in [6, 6.07) is 2.97. The predicted octanol–water partition coefficient (Wildman–Crippen LogP) is 4.97. The summed E-state index contributed by atoms with van der Waals surface area (Å²) in [5.41, 5.74) is 1.12. The Morgan fingerprint density at radius 2 is 1.87 bits per heavy atom. The second kappa shape index (κ2) is 13.5. The van der Waals surface area contributed by atoms with Crippen molar-refractivity contribution in [1.29, 1.82) is 5.26 Å². The molecule has 2 aromatic heterocycles. The summed E-state index contributed by atoms with van der Waals surface area (Å²) in [7, 11) is 2.00. The van der Waals surface area contributed by atoms with Crippen molar-refractivity contribution in [2.45, 2.75) is 70.9 Å². The van der Waals surface area contributed by atoms with Gasteiger partial charge in [0.15, 0.2) is 5.58 Å². The van der Waals surface area contributed by atoms with E-state index in [-0.39, 0.29) is 12.2 Å². The van der Waals surface area contributed by atoms with E-state index in [1.54, 1.807) is 6.20 Å². The van der Waals surface area contributed by atoms with Crippen LogP contribution in [0.5, 0.6) is 0 Å². The molecule has 3 heterocycles. The van der Waals surface area contributed by atoms with Crippen molar-refractivity contribution in [3.05, 3.63) is 22.0 Å². The van der Waals surface area contributed by atoms with Gasteiger partial charge in [-0.3, -0.25) is 0 Å². The molecule has 1 aliphatic carbocycles. The molecule has 1 saturated carbocycles. The highest BCUT2D eigenvalue weighted by Gasteiger charge is 2.23. The van der Waals surface area contributed by atoms with Crippen LogP contribution in [0.1, 0.15) is 63.7 Å². The lowest BCUT2D eigenvalue weighted by atomic mass is 9.91. The molecule has 2 N–H and O–H groups in total. The first-order valence-electron chi connectivity index (χ1n) is 11.1. The minimum Gasteiger partial charge on any atom is -0.444 e. The van der Waals surface area contributed by atoms with E-state index < -0.39 is 0 Å². The number of halogens is 1. The third-order valence-corrected chi connectivity index (χ3v) is 6.24. The number of aromatic nitrogens is 1. The molecule has 0 aromatic carbocycles. The SMILES string of the molecule is C1CCOC1.CC.CNC1CCC(Nc2ncc3oc(C#N)c(CC=O)c3c2Br)CC1. The number of nitrogens with zero attached hydrogens (tertiary/aromatic N) is 2. The summed E-state index contributed by atoms with van der Waals surface area (Å²) < 4.78 is 11.2. The molecule has 4 rings (SSSR count). The number of pyridine rings is 1. The quantitative estimate of drug-likeness (QED) is 0.568. The van der Waals surface area contributed by atoms with E-state index in [1.165, 1.54) is 12.8 Å². The van der Waals surface area contributed by atoms with E-state index in [0.29, 0.717) is 23.2 Å². The Hall–Kier alpha value is -1.95. The van der Waals surface area contributed by atoms with Crippen molar-refractivity contribution in [2.75, 3.05) is 25.6 Å². The lowest BCUT2D eigenvalue weighted by Gasteiger charge is -2.29. The van der Waals surface area contributed by atoms with Gasteiger partial charge in [-0.25, -0.2) is 4.98 Å². The van der Waals surface area contributed by atoms with Gasteiger partial charge in [-0.1, -0.05) is 13.8 Å². The molecule has 0 atom stereocenters. The maximum atomic E-state index is 11.0. The highest BCUT2D eigenvalue weighted by atomic mass is 79.9. The number of hydrogen-bond acceptors (Lipinski definition) is 7. The van der Waals surface area contributed by atoms with Crippen molar-refractivity contribution in [2.24, 2.45) is 0 Å². The Bertz CT molecular complexity index is 858. The van der Waals surface area contributed by atoms with Crippen LogP contribution in [0.2, 0.25) is 0 Å². The van der Waals surface area contributed by atoms with Crippen molar-refractivity contribution >= 4 is 39.0 Å². The van der Waals surface area contributed by atoms with Gasteiger partial charge in [-0.15, -0.1) is 0 Å². The van der Waals surface area contributed by atoms with E-state index in [1.807, 2.05) is 27.0 Å². The van der Waals surface area contributed by atoms with Crippen molar-refractivity contribution in [3.63, 3.8) is 0 Å². The molecule has 0 radical (unpaired) electrons. The fourth-order valence-electron chi connectivity index (χ4n) is 3.81.